The Morgan fingerprint density at radius 1 is 0.767 bits per heavy atom. The summed E-state index contributed by atoms with van der Waals surface area (Å²) in [5, 5.41) is 6.00. The Hall–Kier alpha value is -3.15. The lowest BCUT2D eigenvalue weighted by molar-refractivity contribution is -0.120. The second-order valence-electron chi connectivity index (χ2n) is 6.44. The van der Waals surface area contributed by atoms with Crippen LogP contribution in [0.5, 0.6) is 0 Å². The summed E-state index contributed by atoms with van der Waals surface area (Å²) in [5.41, 5.74) is 1.76. The first kappa shape index (κ1) is 21.6. The van der Waals surface area contributed by atoms with E-state index in [-0.39, 0.29) is 30.7 Å². The van der Waals surface area contributed by atoms with Crippen molar-refractivity contribution in [1.82, 2.24) is 10.6 Å². The van der Waals surface area contributed by atoms with Crippen molar-refractivity contribution < 1.29 is 14.4 Å². The van der Waals surface area contributed by atoms with Crippen molar-refractivity contribution in [3.63, 3.8) is 0 Å². The lowest BCUT2D eigenvalue weighted by atomic mass is 9.98. The molecule has 0 radical (unpaired) electrons. The number of carbonyl (C=O) groups excluding carboxylic acids is 3. The van der Waals surface area contributed by atoms with E-state index >= 15 is 0 Å². The standard InChI is InChI=1S/C23H18Cl2N2O3/c24-17-11-10-16(19(12-17)22(29)18-8-4-5-9-20(18)25)13-26-21(28)14-27-23(30)15-6-2-1-3-7-15/h1-12H,13-14H2,(H,26,28)(H,27,30). The van der Waals surface area contributed by atoms with Crippen molar-refractivity contribution in [2.75, 3.05) is 6.54 Å². The molecule has 0 aliphatic carbocycles. The van der Waals surface area contributed by atoms with Crippen molar-refractivity contribution in [1.29, 1.82) is 0 Å². The third-order valence-electron chi connectivity index (χ3n) is 4.36. The molecule has 0 saturated heterocycles. The molecule has 3 rings (SSSR count). The lowest BCUT2D eigenvalue weighted by Crippen LogP contribution is -2.36. The summed E-state index contributed by atoms with van der Waals surface area (Å²) in [4.78, 5) is 37.1. The van der Waals surface area contributed by atoms with Gasteiger partial charge in [0.1, 0.15) is 0 Å². The molecule has 3 aromatic carbocycles. The molecule has 0 fully saturated rings. The fraction of sp³-hybridized carbons (Fsp3) is 0.0870. The van der Waals surface area contributed by atoms with Gasteiger partial charge in [-0.2, -0.15) is 0 Å². The number of amides is 2. The van der Waals surface area contributed by atoms with E-state index in [4.69, 9.17) is 23.2 Å². The summed E-state index contributed by atoms with van der Waals surface area (Å²) >= 11 is 12.2. The molecular weight excluding hydrogens is 423 g/mol. The normalized spacial score (nSPS) is 10.3. The van der Waals surface area contributed by atoms with Gasteiger partial charge in [-0.25, -0.2) is 0 Å². The maximum atomic E-state index is 12.9. The van der Waals surface area contributed by atoms with Gasteiger partial charge in [0.05, 0.1) is 11.6 Å². The van der Waals surface area contributed by atoms with Gasteiger partial charge in [0.2, 0.25) is 5.91 Å². The predicted molar refractivity (Wildman–Crippen MR) is 117 cm³/mol. The van der Waals surface area contributed by atoms with Crippen LogP contribution in [0.2, 0.25) is 10.0 Å². The highest BCUT2D eigenvalue weighted by Gasteiger charge is 2.17. The third-order valence-corrected chi connectivity index (χ3v) is 4.92. The minimum absolute atomic E-state index is 0.0999. The largest absolute Gasteiger partial charge is 0.350 e. The number of hydrogen-bond donors (Lipinski definition) is 2. The van der Waals surface area contributed by atoms with Crippen LogP contribution in [0, 0.1) is 0 Å². The molecular formula is C23H18Cl2N2O3. The van der Waals surface area contributed by atoms with Crippen LogP contribution < -0.4 is 10.6 Å². The van der Waals surface area contributed by atoms with Crippen LogP contribution in [0.1, 0.15) is 31.8 Å². The molecule has 0 bridgehead atoms. The first-order chi connectivity index (χ1) is 14.5. The van der Waals surface area contributed by atoms with Gasteiger partial charge in [0.15, 0.2) is 5.78 Å². The number of nitrogens with one attached hydrogen (secondary N) is 2. The predicted octanol–water partition coefficient (Wildman–Crippen LogP) is 4.27. The van der Waals surface area contributed by atoms with E-state index in [1.165, 1.54) is 0 Å². The zero-order chi connectivity index (χ0) is 21.5. The Morgan fingerprint density at radius 2 is 1.47 bits per heavy atom. The average Bonchev–Trinajstić information content (AvgIpc) is 2.77. The first-order valence-corrected chi connectivity index (χ1v) is 9.89. The molecule has 152 valence electrons. The number of halogens is 2. The van der Waals surface area contributed by atoms with Gasteiger partial charge < -0.3 is 10.6 Å². The van der Waals surface area contributed by atoms with Crippen molar-refractivity contribution in [3.8, 4) is 0 Å². The summed E-state index contributed by atoms with van der Waals surface area (Å²) in [5.74, 6) is -1.01. The maximum Gasteiger partial charge on any atom is 0.251 e. The van der Waals surface area contributed by atoms with Gasteiger partial charge in [-0.15, -0.1) is 0 Å². The van der Waals surface area contributed by atoms with Crippen LogP contribution in [0.4, 0.5) is 0 Å². The quantitative estimate of drug-likeness (QED) is 0.538. The number of ketones is 1. The molecule has 5 nitrogen and oxygen atoms in total. The van der Waals surface area contributed by atoms with Crippen LogP contribution in [-0.4, -0.2) is 24.1 Å². The van der Waals surface area contributed by atoms with E-state index in [1.807, 2.05) is 0 Å². The smallest absolute Gasteiger partial charge is 0.251 e. The highest BCUT2D eigenvalue weighted by molar-refractivity contribution is 6.35. The van der Waals surface area contributed by atoms with E-state index in [2.05, 4.69) is 10.6 Å². The van der Waals surface area contributed by atoms with Gasteiger partial charge in [0.25, 0.3) is 5.91 Å². The van der Waals surface area contributed by atoms with E-state index in [1.54, 1.807) is 72.8 Å². The summed E-state index contributed by atoms with van der Waals surface area (Å²) in [6.45, 7) is -0.0855. The molecule has 7 heteroatoms. The molecule has 2 N–H and O–H groups in total. The number of hydrogen-bond acceptors (Lipinski definition) is 3. The van der Waals surface area contributed by atoms with Gasteiger partial charge in [-0.05, 0) is 42.0 Å². The maximum absolute atomic E-state index is 12.9. The van der Waals surface area contributed by atoms with E-state index < -0.39 is 0 Å². The highest BCUT2D eigenvalue weighted by atomic mass is 35.5. The molecule has 0 atom stereocenters. The fourth-order valence-corrected chi connectivity index (χ4v) is 3.21. The molecule has 0 unspecified atom stereocenters. The van der Waals surface area contributed by atoms with Gasteiger partial charge >= 0.3 is 0 Å². The summed E-state index contributed by atoms with van der Waals surface area (Å²) in [6, 6.07) is 20.2. The average molecular weight is 441 g/mol. The molecule has 0 aromatic heterocycles. The second kappa shape index (κ2) is 10.1. The van der Waals surface area contributed by atoms with Crippen LogP contribution in [0.25, 0.3) is 0 Å². The van der Waals surface area contributed by atoms with Gasteiger partial charge in [-0.1, -0.05) is 59.6 Å². The summed E-state index contributed by atoms with van der Waals surface area (Å²) in [7, 11) is 0. The summed E-state index contributed by atoms with van der Waals surface area (Å²) in [6.07, 6.45) is 0. The monoisotopic (exact) mass is 440 g/mol. The van der Waals surface area contributed by atoms with Crippen LogP contribution in [0.3, 0.4) is 0 Å². The zero-order valence-electron chi connectivity index (χ0n) is 15.8. The highest BCUT2D eigenvalue weighted by Crippen LogP contribution is 2.23. The molecule has 2 amide bonds. The van der Waals surface area contributed by atoms with Gasteiger partial charge in [-0.3, -0.25) is 14.4 Å². The fourth-order valence-electron chi connectivity index (χ4n) is 2.81. The van der Waals surface area contributed by atoms with Crippen LogP contribution >= 0.6 is 23.2 Å². The Labute approximate surface area is 184 Å². The van der Waals surface area contributed by atoms with Crippen molar-refractivity contribution in [3.05, 3.63) is 105 Å². The minimum atomic E-state index is -0.384. The number of benzene rings is 3. The SMILES string of the molecule is O=C(CNC(=O)c1ccccc1)NCc1ccc(Cl)cc1C(=O)c1ccccc1Cl. The molecule has 30 heavy (non-hydrogen) atoms. The summed E-state index contributed by atoms with van der Waals surface area (Å²) < 4.78 is 0. The second-order valence-corrected chi connectivity index (χ2v) is 7.28. The Morgan fingerprint density at radius 3 is 2.20 bits per heavy atom. The third kappa shape index (κ3) is 5.47. The van der Waals surface area contributed by atoms with E-state index in [0.717, 1.165) is 0 Å². The molecule has 0 spiro atoms. The Balaban J connectivity index is 1.65. The van der Waals surface area contributed by atoms with Crippen molar-refractivity contribution in [2.24, 2.45) is 0 Å². The number of carbonyl (C=O) groups is 3. The van der Waals surface area contributed by atoms with E-state index in [0.29, 0.717) is 32.3 Å². The first-order valence-electron chi connectivity index (χ1n) is 9.13. The van der Waals surface area contributed by atoms with Crippen LogP contribution in [-0.2, 0) is 11.3 Å². The zero-order valence-corrected chi connectivity index (χ0v) is 17.3. The Kier molecular flexibility index (Phi) is 7.22. The molecule has 0 saturated carbocycles. The molecule has 3 aromatic rings. The van der Waals surface area contributed by atoms with E-state index in [9.17, 15) is 14.4 Å². The number of rotatable bonds is 7. The molecule has 0 aliphatic rings. The molecule has 0 aliphatic heterocycles. The van der Waals surface area contributed by atoms with Crippen LogP contribution in [0.15, 0.2) is 72.8 Å². The lowest BCUT2D eigenvalue weighted by Gasteiger charge is -2.12. The van der Waals surface area contributed by atoms with Crippen molar-refractivity contribution in [2.45, 2.75) is 6.54 Å². The Bertz CT molecular complexity index is 1080. The van der Waals surface area contributed by atoms with Crippen molar-refractivity contribution >= 4 is 40.8 Å². The molecule has 0 heterocycles. The van der Waals surface area contributed by atoms with Gasteiger partial charge in [0, 0.05) is 28.3 Å². The minimum Gasteiger partial charge on any atom is -0.350 e. The topological polar surface area (TPSA) is 75.3 Å².